The Hall–Kier alpha value is -2.63. The fraction of sp³-hybridized carbons (Fsp3) is 0.118. The first-order valence-corrected chi connectivity index (χ1v) is 8.97. The fourth-order valence-electron chi connectivity index (χ4n) is 1.77. The molecule has 8 heteroatoms. The third-order valence-electron chi connectivity index (χ3n) is 2.87. The number of halogens is 1. The van der Waals surface area contributed by atoms with E-state index in [1.54, 1.807) is 29.6 Å². The van der Waals surface area contributed by atoms with Gasteiger partial charge in [0.05, 0.1) is 5.75 Å². The highest BCUT2D eigenvalue weighted by atomic mass is 32.2. The van der Waals surface area contributed by atoms with E-state index in [1.165, 1.54) is 35.2 Å². The Morgan fingerprint density at radius 3 is 3.00 bits per heavy atom. The molecular weight excluding hydrogens is 363 g/mol. The van der Waals surface area contributed by atoms with E-state index in [1.807, 2.05) is 0 Å². The normalized spacial score (nSPS) is 10.1. The Kier molecular flexibility index (Phi) is 5.82. The molecule has 0 aliphatic heterocycles. The van der Waals surface area contributed by atoms with Crippen molar-refractivity contribution in [1.82, 2.24) is 10.2 Å². The van der Waals surface area contributed by atoms with Gasteiger partial charge >= 0.3 is 5.97 Å². The van der Waals surface area contributed by atoms with Crippen LogP contribution in [0.2, 0.25) is 0 Å². The standard InChI is InChI=1S/C17H11FN2O3S2/c18-13-6-3-5-12(11-13)15-19-20-17(23-15)25-9-2-1-8-22-16(21)14-7-4-10-24-14/h3-7,10-11H,8-9H2. The van der Waals surface area contributed by atoms with Gasteiger partial charge in [-0.1, -0.05) is 35.7 Å². The van der Waals surface area contributed by atoms with Gasteiger partial charge in [-0.2, -0.15) is 0 Å². The monoisotopic (exact) mass is 374 g/mol. The first-order valence-electron chi connectivity index (χ1n) is 7.11. The van der Waals surface area contributed by atoms with Crippen molar-refractivity contribution >= 4 is 29.1 Å². The molecule has 3 aromatic rings. The second-order valence-electron chi connectivity index (χ2n) is 4.58. The summed E-state index contributed by atoms with van der Waals surface area (Å²) in [5.41, 5.74) is 0.519. The van der Waals surface area contributed by atoms with Crippen molar-refractivity contribution in [2.75, 3.05) is 12.4 Å². The molecular formula is C17H11FN2O3S2. The van der Waals surface area contributed by atoms with Gasteiger partial charge in [-0.05, 0) is 29.6 Å². The molecule has 0 bridgehead atoms. The van der Waals surface area contributed by atoms with Crippen molar-refractivity contribution in [3.8, 4) is 23.3 Å². The summed E-state index contributed by atoms with van der Waals surface area (Å²) in [6.07, 6.45) is 0. The molecule has 0 atom stereocenters. The third kappa shape index (κ3) is 4.92. The molecule has 2 aromatic heterocycles. The Balaban J connectivity index is 1.45. The molecule has 0 aliphatic carbocycles. The molecule has 0 unspecified atom stereocenters. The van der Waals surface area contributed by atoms with Gasteiger partial charge in [0, 0.05) is 5.56 Å². The van der Waals surface area contributed by atoms with Crippen LogP contribution in [0.15, 0.2) is 51.4 Å². The zero-order valence-corrected chi connectivity index (χ0v) is 14.4. The van der Waals surface area contributed by atoms with E-state index in [0.29, 0.717) is 21.4 Å². The Bertz CT molecular complexity index is 913. The van der Waals surface area contributed by atoms with Gasteiger partial charge in [0.25, 0.3) is 5.22 Å². The van der Waals surface area contributed by atoms with Crippen molar-refractivity contribution in [3.05, 3.63) is 52.5 Å². The number of esters is 1. The number of hydrogen-bond donors (Lipinski definition) is 0. The van der Waals surface area contributed by atoms with Crippen molar-refractivity contribution in [2.45, 2.75) is 5.22 Å². The number of nitrogens with zero attached hydrogens (tertiary/aromatic N) is 2. The summed E-state index contributed by atoms with van der Waals surface area (Å²) in [6, 6.07) is 9.41. The number of hydrogen-bond acceptors (Lipinski definition) is 7. The van der Waals surface area contributed by atoms with Crippen LogP contribution in [-0.4, -0.2) is 28.5 Å². The highest BCUT2D eigenvalue weighted by Crippen LogP contribution is 2.23. The molecule has 2 heterocycles. The van der Waals surface area contributed by atoms with Crippen LogP contribution in [0.4, 0.5) is 4.39 Å². The smallest absolute Gasteiger partial charge is 0.349 e. The Labute approximate surface area is 151 Å². The van der Waals surface area contributed by atoms with Crippen molar-refractivity contribution in [3.63, 3.8) is 0 Å². The zero-order valence-electron chi connectivity index (χ0n) is 12.8. The van der Waals surface area contributed by atoms with E-state index in [2.05, 4.69) is 22.0 Å². The van der Waals surface area contributed by atoms with Crippen LogP contribution in [0.3, 0.4) is 0 Å². The second kappa shape index (κ2) is 8.46. The average Bonchev–Trinajstić information content (AvgIpc) is 3.29. The van der Waals surface area contributed by atoms with Crippen LogP contribution in [0.5, 0.6) is 0 Å². The summed E-state index contributed by atoms with van der Waals surface area (Å²) in [7, 11) is 0. The van der Waals surface area contributed by atoms with E-state index in [9.17, 15) is 9.18 Å². The number of carbonyl (C=O) groups is 1. The molecule has 3 rings (SSSR count). The predicted octanol–water partition coefficient (Wildman–Crippen LogP) is 3.89. The Morgan fingerprint density at radius 1 is 1.28 bits per heavy atom. The van der Waals surface area contributed by atoms with Gasteiger partial charge in [0.2, 0.25) is 5.89 Å². The van der Waals surface area contributed by atoms with Gasteiger partial charge in [-0.3, -0.25) is 0 Å². The molecule has 1 aromatic carbocycles. The molecule has 0 fully saturated rings. The zero-order chi connectivity index (χ0) is 17.5. The van der Waals surface area contributed by atoms with Crippen molar-refractivity contribution < 1.29 is 18.3 Å². The van der Waals surface area contributed by atoms with E-state index in [-0.39, 0.29) is 24.3 Å². The molecule has 0 aliphatic rings. The number of rotatable bonds is 5. The van der Waals surface area contributed by atoms with Crippen LogP contribution in [-0.2, 0) is 4.74 Å². The molecule has 0 spiro atoms. The highest BCUT2D eigenvalue weighted by Gasteiger charge is 2.09. The molecule has 126 valence electrons. The average molecular weight is 374 g/mol. The molecule has 0 saturated heterocycles. The minimum absolute atomic E-state index is 0.0235. The molecule has 25 heavy (non-hydrogen) atoms. The first-order chi connectivity index (χ1) is 12.2. The fourth-order valence-corrected chi connectivity index (χ4v) is 2.92. The number of benzene rings is 1. The quantitative estimate of drug-likeness (QED) is 0.383. The molecule has 0 saturated carbocycles. The molecule has 5 nitrogen and oxygen atoms in total. The van der Waals surface area contributed by atoms with Gasteiger partial charge in [-0.25, -0.2) is 9.18 Å². The minimum atomic E-state index is -0.381. The van der Waals surface area contributed by atoms with Gasteiger partial charge in [0.15, 0.2) is 6.61 Å². The van der Waals surface area contributed by atoms with Crippen molar-refractivity contribution in [1.29, 1.82) is 0 Å². The molecule has 0 N–H and O–H groups in total. The summed E-state index contributed by atoms with van der Waals surface area (Å²) in [6.45, 7) is 0.0235. The summed E-state index contributed by atoms with van der Waals surface area (Å²) >= 11 is 2.57. The number of aromatic nitrogens is 2. The summed E-state index contributed by atoms with van der Waals surface area (Å²) < 4.78 is 23.6. The maximum Gasteiger partial charge on any atom is 0.349 e. The predicted molar refractivity (Wildman–Crippen MR) is 92.8 cm³/mol. The lowest BCUT2D eigenvalue weighted by Gasteiger charge is -1.96. The molecule has 0 radical (unpaired) electrons. The highest BCUT2D eigenvalue weighted by molar-refractivity contribution is 7.99. The van der Waals surface area contributed by atoms with Gasteiger partial charge in [-0.15, -0.1) is 21.5 Å². The maximum atomic E-state index is 13.2. The van der Waals surface area contributed by atoms with Gasteiger partial charge < -0.3 is 9.15 Å². The number of ether oxygens (including phenoxy) is 1. The summed E-state index contributed by atoms with van der Waals surface area (Å²) in [5, 5.41) is 9.89. The van der Waals surface area contributed by atoms with Crippen molar-refractivity contribution in [2.24, 2.45) is 0 Å². The number of thiophene rings is 1. The first kappa shape index (κ1) is 17.2. The van der Waals surface area contributed by atoms with Crippen LogP contribution in [0, 0.1) is 17.7 Å². The summed E-state index contributed by atoms with van der Waals surface area (Å²) in [4.78, 5) is 12.1. The van der Waals surface area contributed by atoms with Crippen LogP contribution >= 0.6 is 23.1 Å². The number of thioether (sulfide) groups is 1. The lowest BCUT2D eigenvalue weighted by Crippen LogP contribution is -2.02. The lowest BCUT2D eigenvalue weighted by molar-refractivity contribution is 0.0562. The SMILES string of the molecule is O=C(OCC#CCSc1nnc(-c2cccc(F)c2)o1)c1cccs1. The summed E-state index contributed by atoms with van der Waals surface area (Å²) in [5.74, 6) is 5.50. The minimum Gasteiger partial charge on any atom is -0.448 e. The van der Waals surface area contributed by atoms with Gasteiger partial charge in [0.1, 0.15) is 10.7 Å². The van der Waals surface area contributed by atoms with E-state index in [4.69, 9.17) is 9.15 Å². The lowest BCUT2D eigenvalue weighted by atomic mass is 10.2. The van der Waals surface area contributed by atoms with E-state index >= 15 is 0 Å². The molecule has 0 amide bonds. The maximum absolute atomic E-state index is 13.2. The number of carbonyl (C=O) groups excluding carboxylic acids is 1. The second-order valence-corrected chi connectivity index (χ2v) is 6.45. The Morgan fingerprint density at radius 2 is 2.20 bits per heavy atom. The van der Waals surface area contributed by atoms with Crippen LogP contribution in [0.1, 0.15) is 9.67 Å². The van der Waals surface area contributed by atoms with E-state index in [0.717, 1.165) is 0 Å². The largest absolute Gasteiger partial charge is 0.448 e. The van der Waals surface area contributed by atoms with Crippen LogP contribution < -0.4 is 0 Å². The topological polar surface area (TPSA) is 65.2 Å². The third-order valence-corrected chi connectivity index (χ3v) is 4.42. The van der Waals surface area contributed by atoms with E-state index < -0.39 is 0 Å². The van der Waals surface area contributed by atoms with Crippen LogP contribution in [0.25, 0.3) is 11.5 Å².